The Morgan fingerprint density at radius 3 is 2.68 bits per heavy atom. The normalized spacial score (nSPS) is 13.9. The lowest BCUT2D eigenvalue weighted by Crippen LogP contribution is -2.43. The van der Waals surface area contributed by atoms with E-state index in [-0.39, 0.29) is 0 Å². The molecule has 0 fully saturated rings. The maximum absolute atomic E-state index is 10.2. The average molecular weight is 279 g/mol. The third-order valence-electron chi connectivity index (χ3n) is 2.67. The summed E-state index contributed by atoms with van der Waals surface area (Å²) >= 11 is 1.54. The fourth-order valence-corrected chi connectivity index (χ4v) is 2.56. The molecule has 19 heavy (non-hydrogen) atoms. The molecule has 4 nitrogen and oxygen atoms in total. The first-order valence-corrected chi connectivity index (χ1v) is 7.30. The Morgan fingerprint density at radius 1 is 1.47 bits per heavy atom. The number of rotatable bonds is 6. The van der Waals surface area contributed by atoms with Gasteiger partial charge in [0.05, 0.1) is 16.9 Å². The smallest absolute Gasteiger partial charge is 0.102 e. The molecule has 0 saturated heterocycles. The second-order valence-corrected chi connectivity index (χ2v) is 5.93. The van der Waals surface area contributed by atoms with Crippen LogP contribution in [0.3, 0.4) is 0 Å². The van der Waals surface area contributed by atoms with Gasteiger partial charge in [0.15, 0.2) is 0 Å². The molecule has 1 aromatic rings. The summed E-state index contributed by atoms with van der Waals surface area (Å²) in [7, 11) is 3.84. The van der Waals surface area contributed by atoms with Crippen LogP contribution in [0.2, 0.25) is 0 Å². The van der Waals surface area contributed by atoms with Gasteiger partial charge in [0, 0.05) is 18.0 Å². The molecular formula is C14H21N3OS. The molecule has 1 rings (SSSR count). The average Bonchev–Trinajstić information content (AvgIpc) is 2.34. The summed E-state index contributed by atoms with van der Waals surface area (Å²) in [6.45, 7) is 2.74. The highest BCUT2D eigenvalue weighted by Crippen LogP contribution is 2.26. The first-order chi connectivity index (χ1) is 8.89. The van der Waals surface area contributed by atoms with E-state index in [0.717, 1.165) is 10.6 Å². The summed E-state index contributed by atoms with van der Waals surface area (Å²) in [5, 5.41) is 22.6. The number of aliphatic hydroxyl groups is 1. The Kier molecular flexibility index (Phi) is 5.67. The standard InChI is InChI=1S/C14H21N3OS/c1-14(18,10-17(2)3)9-16-12-6-5-7-13(19-4)11(12)8-15/h5-7,16,18H,9-10H2,1-4H3. The summed E-state index contributed by atoms with van der Waals surface area (Å²) in [6.07, 6.45) is 1.95. The minimum Gasteiger partial charge on any atom is -0.387 e. The van der Waals surface area contributed by atoms with E-state index in [2.05, 4.69) is 11.4 Å². The highest BCUT2D eigenvalue weighted by atomic mass is 32.2. The van der Waals surface area contributed by atoms with E-state index >= 15 is 0 Å². The molecule has 1 aromatic carbocycles. The van der Waals surface area contributed by atoms with Crippen molar-refractivity contribution in [3.63, 3.8) is 0 Å². The maximum atomic E-state index is 10.2. The van der Waals surface area contributed by atoms with Crippen LogP contribution in [0.5, 0.6) is 0 Å². The summed E-state index contributed by atoms with van der Waals surface area (Å²) in [5.41, 5.74) is 0.565. The number of nitrogens with zero attached hydrogens (tertiary/aromatic N) is 2. The molecule has 1 unspecified atom stereocenters. The first kappa shape index (κ1) is 15.8. The molecule has 0 aromatic heterocycles. The van der Waals surface area contributed by atoms with Gasteiger partial charge in [-0.3, -0.25) is 0 Å². The maximum Gasteiger partial charge on any atom is 0.102 e. The highest BCUT2D eigenvalue weighted by Gasteiger charge is 2.21. The van der Waals surface area contributed by atoms with Crippen molar-refractivity contribution < 1.29 is 5.11 Å². The molecule has 0 aliphatic carbocycles. The van der Waals surface area contributed by atoms with Crippen LogP contribution in [0.25, 0.3) is 0 Å². The van der Waals surface area contributed by atoms with Gasteiger partial charge in [-0.25, -0.2) is 0 Å². The van der Waals surface area contributed by atoms with Crippen LogP contribution >= 0.6 is 11.8 Å². The van der Waals surface area contributed by atoms with Crippen LogP contribution in [-0.4, -0.2) is 49.0 Å². The number of nitriles is 1. The van der Waals surface area contributed by atoms with E-state index < -0.39 is 5.60 Å². The van der Waals surface area contributed by atoms with E-state index in [1.54, 1.807) is 18.7 Å². The van der Waals surface area contributed by atoms with Gasteiger partial charge in [0.25, 0.3) is 0 Å². The Morgan fingerprint density at radius 2 is 2.16 bits per heavy atom. The van der Waals surface area contributed by atoms with Crippen molar-refractivity contribution in [2.75, 3.05) is 38.8 Å². The van der Waals surface area contributed by atoms with Crippen molar-refractivity contribution >= 4 is 17.4 Å². The van der Waals surface area contributed by atoms with Crippen LogP contribution in [0.4, 0.5) is 5.69 Å². The van der Waals surface area contributed by atoms with E-state index in [4.69, 9.17) is 0 Å². The number of hydrogen-bond donors (Lipinski definition) is 2. The summed E-state index contributed by atoms with van der Waals surface area (Å²) in [5.74, 6) is 0. The van der Waals surface area contributed by atoms with Gasteiger partial charge in [-0.05, 0) is 39.4 Å². The minimum atomic E-state index is -0.842. The number of benzene rings is 1. The quantitative estimate of drug-likeness (QED) is 0.780. The number of nitrogens with one attached hydrogen (secondary N) is 1. The summed E-state index contributed by atoms with van der Waals surface area (Å²) in [4.78, 5) is 2.88. The van der Waals surface area contributed by atoms with Gasteiger partial charge < -0.3 is 15.3 Å². The van der Waals surface area contributed by atoms with Gasteiger partial charge in [0.2, 0.25) is 0 Å². The molecule has 2 N–H and O–H groups in total. The second-order valence-electron chi connectivity index (χ2n) is 5.08. The Balaban J connectivity index is 2.81. The summed E-state index contributed by atoms with van der Waals surface area (Å²) in [6, 6.07) is 7.92. The van der Waals surface area contributed by atoms with E-state index in [1.807, 2.05) is 43.5 Å². The van der Waals surface area contributed by atoms with Crippen LogP contribution < -0.4 is 5.32 Å². The molecular weight excluding hydrogens is 258 g/mol. The van der Waals surface area contributed by atoms with Crippen LogP contribution in [0.1, 0.15) is 12.5 Å². The SMILES string of the molecule is CSc1cccc(NCC(C)(O)CN(C)C)c1C#N. The Labute approximate surface area is 119 Å². The van der Waals surface area contributed by atoms with Gasteiger partial charge in [-0.1, -0.05) is 6.07 Å². The molecule has 104 valence electrons. The fraction of sp³-hybridized carbons (Fsp3) is 0.500. The molecule has 0 heterocycles. The monoisotopic (exact) mass is 279 g/mol. The Bertz CT molecular complexity index is 466. The zero-order valence-electron chi connectivity index (χ0n) is 11.9. The molecule has 0 radical (unpaired) electrons. The van der Waals surface area contributed by atoms with Crippen molar-refractivity contribution in [2.45, 2.75) is 17.4 Å². The third kappa shape index (κ3) is 4.75. The molecule has 0 aliphatic rings. The van der Waals surface area contributed by atoms with Crippen molar-refractivity contribution in [3.05, 3.63) is 23.8 Å². The molecule has 0 bridgehead atoms. The number of hydrogen-bond acceptors (Lipinski definition) is 5. The van der Waals surface area contributed by atoms with Gasteiger partial charge in [-0.2, -0.15) is 5.26 Å². The third-order valence-corrected chi connectivity index (χ3v) is 3.45. The molecule has 5 heteroatoms. The van der Waals surface area contributed by atoms with Crippen molar-refractivity contribution in [3.8, 4) is 6.07 Å². The molecule has 0 spiro atoms. The van der Waals surface area contributed by atoms with E-state index in [0.29, 0.717) is 18.7 Å². The summed E-state index contributed by atoms with van der Waals surface area (Å²) < 4.78 is 0. The van der Waals surface area contributed by atoms with Crippen LogP contribution in [-0.2, 0) is 0 Å². The zero-order valence-corrected chi connectivity index (χ0v) is 12.7. The first-order valence-electron chi connectivity index (χ1n) is 6.07. The largest absolute Gasteiger partial charge is 0.387 e. The number of thioether (sulfide) groups is 1. The number of anilines is 1. The Hall–Kier alpha value is -1.22. The second kappa shape index (κ2) is 6.80. The lowest BCUT2D eigenvalue weighted by molar-refractivity contribution is 0.0460. The fourth-order valence-electron chi connectivity index (χ4n) is 1.99. The van der Waals surface area contributed by atoms with Gasteiger partial charge in [0.1, 0.15) is 6.07 Å². The minimum absolute atomic E-state index is 0.400. The predicted octanol–water partition coefficient (Wildman–Crippen LogP) is 2.00. The molecule has 1 atom stereocenters. The van der Waals surface area contributed by atoms with Crippen molar-refractivity contribution in [1.82, 2.24) is 4.90 Å². The van der Waals surface area contributed by atoms with E-state index in [9.17, 15) is 10.4 Å². The lowest BCUT2D eigenvalue weighted by atomic mass is 10.1. The van der Waals surface area contributed by atoms with E-state index in [1.165, 1.54) is 0 Å². The zero-order chi connectivity index (χ0) is 14.5. The topological polar surface area (TPSA) is 59.3 Å². The number of likely N-dealkylation sites (N-methyl/N-ethyl adjacent to an activating group) is 1. The molecule has 0 amide bonds. The van der Waals surface area contributed by atoms with Gasteiger partial charge >= 0.3 is 0 Å². The van der Waals surface area contributed by atoms with Crippen LogP contribution in [0, 0.1) is 11.3 Å². The van der Waals surface area contributed by atoms with Crippen molar-refractivity contribution in [2.24, 2.45) is 0 Å². The molecule has 0 aliphatic heterocycles. The van der Waals surface area contributed by atoms with Crippen molar-refractivity contribution in [1.29, 1.82) is 5.26 Å². The lowest BCUT2D eigenvalue weighted by Gasteiger charge is -2.27. The van der Waals surface area contributed by atoms with Crippen LogP contribution in [0.15, 0.2) is 23.1 Å². The predicted molar refractivity (Wildman–Crippen MR) is 80.6 cm³/mol. The van der Waals surface area contributed by atoms with Gasteiger partial charge in [-0.15, -0.1) is 11.8 Å². The highest BCUT2D eigenvalue weighted by molar-refractivity contribution is 7.98. The molecule has 0 saturated carbocycles.